The minimum Gasteiger partial charge on any atom is -0.303 e. The molecule has 0 saturated heterocycles. The highest BCUT2D eigenvalue weighted by molar-refractivity contribution is 8.15. The van der Waals surface area contributed by atoms with Gasteiger partial charge in [0.1, 0.15) is 21.5 Å². The van der Waals surface area contributed by atoms with Crippen molar-refractivity contribution in [3.63, 3.8) is 0 Å². The summed E-state index contributed by atoms with van der Waals surface area (Å²) < 4.78 is 44.1. The number of carbonyl (C=O) groups is 1. The maximum Gasteiger partial charge on any atom is 0.469 e. The van der Waals surface area contributed by atoms with Crippen LogP contribution in [0.3, 0.4) is 0 Å². The van der Waals surface area contributed by atoms with Crippen LogP contribution < -0.4 is 0 Å². The first-order chi connectivity index (χ1) is 15.6. The van der Waals surface area contributed by atoms with E-state index in [2.05, 4.69) is 9.63 Å². The number of hydroxylamine groups is 2. The number of carbonyl (C=O) groups excluding carboxylic acids is 1. The van der Waals surface area contributed by atoms with Crippen LogP contribution >= 0.6 is 19.6 Å². The summed E-state index contributed by atoms with van der Waals surface area (Å²) in [5.41, 5.74) is 0.488. The minimum atomic E-state index is -4.68. The molecule has 3 rings (SSSR count). The van der Waals surface area contributed by atoms with E-state index in [1.165, 1.54) is 14.2 Å². The first-order valence-electron chi connectivity index (χ1n) is 9.68. The Labute approximate surface area is 193 Å². The van der Waals surface area contributed by atoms with Gasteiger partial charge in [-0.2, -0.15) is 10.1 Å². The number of urea groups is 1. The Hall–Kier alpha value is -2.34. The van der Waals surface area contributed by atoms with Gasteiger partial charge < -0.3 is 9.79 Å². The Morgan fingerprint density at radius 1 is 1.24 bits per heavy atom. The molecule has 0 aromatic heterocycles. The van der Waals surface area contributed by atoms with Crippen molar-refractivity contribution >= 4 is 30.7 Å². The molecule has 2 N–H and O–H groups in total. The van der Waals surface area contributed by atoms with Crippen molar-refractivity contribution < 1.29 is 37.3 Å². The van der Waals surface area contributed by atoms with E-state index in [1.54, 1.807) is 30.3 Å². The van der Waals surface area contributed by atoms with E-state index in [1.807, 2.05) is 0 Å². The molecule has 178 valence electrons. The second-order valence-electron chi connectivity index (χ2n) is 6.98. The molecule has 2 aromatic rings. The number of hydrazone groups is 1. The van der Waals surface area contributed by atoms with Crippen LogP contribution in [0.5, 0.6) is 0 Å². The summed E-state index contributed by atoms with van der Waals surface area (Å²) in [7, 11) is -2.02. The van der Waals surface area contributed by atoms with Crippen molar-refractivity contribution in [1.29, 1.82) is 0 Å². The smallest absolute Gasteiger partial charge is 0.303 e. The molecule has 1 atom stereocenters. The van der Waals surface area contributed by atoms with Gasteiger partial charge in [-0.3, -0.25) is 9.36 Å². The van der Waals surface area contributed by atoms with Crippen molar-refractivity contribution in [3.05, 3.63) is 71.3 Å². The van der Waals surface area contributed by atoms with Crippen LogP contribution in [0.1, 0.15) is 24.0 Å². The topological polar surface area (TPSA) is 112 Å². The Kier molecular flexibility index (Phi) is 7.88. The third-order valence-electron chi connectivity index (χ3n) is 4.83. The minimum absolute atomic E-state index is 0.0598. The molecule has 0 fully saturated rings. The molecule has 0 saturated carbocycles. The number of rotatable bonds is 8. The normalized spacial score (nSPS) is 18.4. The summed E-state index contributed by atoms with van der Waals surface area (Å²) in [6.45, 7) is -0.300. The van der Waals surface area contributed by atoms with Gasteiger partial charge in [0.25, 0.3) is 0 Å². The summed E-state index contributed by atoms with van der Waals surface area (Å²) in [5, 5.41) is 6.42. The van der Waals surface area contributed by atoms with E-state index in [0.717, 1.165) is 40.0 Å². The summed E-state index contributed by atoms with van der Waals surface area (Å²) in [5.74, 6) is -1.39. The Bertz CT molecular complexity index is 1090. The molecule has 13 heteroatoms. The Morgan fingerprint density at radius 3 is 2.58 bits per heavy atom. The molecule has 33 heavy (non-hydrogen) atoms. The third kappa shape index (κ3) is 5.78. The highest BCUT2D eigenvalue weighted by atomic mass is 32.2. The predicted octanol–water partition coefficient (Wildman–Crippen LogP) is 4.03. The summed E-state index contributed by atoms with van der Waals surface area (Å²) >= 11 is 1.03. The number of halogens is 2. The largest absolute Gasteiger partial charge is 0.469 e. The molecular weight excluding hydrogens is 479 g/mol. The fraction of sp³-hybridized carbons (Fsp3) is 0.300. The van der Waals surface area contributed by atoms with Crippen molar-refractivity contribution in [2.45, 2.75) is 17.7 Å². The van der Waals surface area contributed by atoms with Gasteiger partial charge in [-0.1, -0.05) is 42.1 Å². The molecule has 0 radical (unpaired) electrons. The van der Waals surface area contributed by atoms with Crippen molar-refractivity contribution in [2.75, 3.05) is 20.8 Å². The van der Waals surface area contributed by atoms with Gasteiger partial charge in [0.15, 0.2) is 0 Å². The van der Waals surface area contributed by atoms with Crippen LogP contribution in [0.15, 0.2) is 53.6 Å². The number of thioether (sulfide) groups is 1. The fourth-order valence-corrected chi connectivity index (χ4v) is 5.03. The Morgan fingerprint density at radius 2 is 1.94 bits per heavy atom. The molecule has 2 aromatic carbocycles. The van der Waals surface area contributed by atoms with Gasteiger partial charge in [-0.05, 0) is 36.6 Å². The van der Waals surface area contributed by atoms with E-state index >= 15 is 0 Å². The van der Waals surface area contributed by atoms with Gasteiger partial charge in [0.05, 0.1) is 13.7 Å². The van der Waals surface area contributed by atoms with E-state index in [9.17, 15) is 18.1 Å². The van der Waals surface area contributed by atoms with Gasteiger partial charge in [0, 0.05) is 12.6 Å². The lowest BCUT2D eigenvalue weighted by atomic mass is 10.0. The number of nitrogens with zero attached hydrogens (tertiary/aromatic N) is 3. The number of hydrogen-bond donors (Lipinski definition) is 2. The maximum atomic E-state index is 14.6. The molecule has 1 heterocycles. The monoisotopic (exact) mass is 501 g/mol. The van der Waals surface area contributed by atoms with E-state index in [0.29, 0.717) is 5.56 Å². The highest BCUT2D eigenvalue weighted by Crippen LogP contribution is 2.51. The lowest BCUT2D eigenvalue weighted by molar-refractivity contribution is -0.0806. The number of amides is 2. The summed E-state index contributed by atoms with van der Waals surface area (Å²) in [6.07, 6.45) is 0.233. The zero-order valence-corrected chi connectivity index (χ0v) is 19.4. The van der Waals surface area contributed by atoms with Gasteiger partial charge in [-0.25, -0.2) is 23.2 Å². The molecule has 0 bridgehead atoms. The SMILES string of the molecule is CON(C)C(=O)N1N=C(c2cc(F)ccc2F)SC1(CCCOP(=O)(O)O)c1ccccc1. The first-order valence-corrected chi connectivity index (χ1v) is 12.0. The standard InChI is InChI=1S/C20H22F2N3O6PS/c1-24(30-2)19(26)25-20(14-7-4-3-5-8-14,11-6-12-31-32(27,28)29)33-18(23-25)16-13-15(21)9-10-17(16)22/h3-5,7-10,13H,6,11-12H2,1-2H3,(H2,27,28,29). The lowest BCUT2D eigenvalue weighted by Gasteiger charge is -2.37. The average molecular weight is 501 g/mol. The van der Waals surface area contributed by atoms with E-state index in [4.69, 9.17) is 14.6 Å². The van der Waals surface area contributed by atoms with Gasteiger partial charge in [-0.15, -0.1) is 0 Å². The van der Waals surface area contributed by atoms with Gasteiger partial charge >= 0.3 is 13.9 Å². The predicted molar refractivity (Wildman–Crippen MR) is 118 cm³/mol. The van der Waals surface area contributed by atoms with Crippen molar-refractivity contribution in [3.8, 4) is 0 Å². The summed E-state index contributed by atoms with van der Waals surface area (Å²) in [4.78, 5) is 34.9. The lowest BCUT2D eigenvalue weighted by Crippen LogP contribution is -2.47. The zero-order chi connectivity index (χ0) is 24.2. The van der Waals surface area contributed by atoms with Crippen LogP contribution in [0, 0.1) is 11.6 Å². The highest BCUT2D eigenvalue weighted by Gasteiger charge is 2.49. The fourth-order valence-electron chi connectivity index (χ4n) is 3.25. The van der Waals surface area contributed by atoms with E-state index < -0.39 is 30.4 Å². The van der Waals surface area contributed by atoms with Crippen LogP contribution in [-0.2, 0) is 18.8 Å². The number of phosphoric ester groups is 1. The average Bonchev–Trinajstić information content (AvgIpc) is 3.18. The van der Waals surface area contributed by atoms with Crippen LogP contribution in [0.2, 0.25) is 0 Å². The second-order valence-corrected chi connectivity index (χ2v) is 9.49. The third-order valence-corrected chi connectivity index (χ3v) is 6.79. The molecule has 1 unspecified atom stereocenters. The summed E-state index contributed by atoms with van der Waals surface area (Å²) in [6, 6.07) is 11.0. The zero-order valence-electron chi connectivity index (χ0n) is 17.7. The molecule has 9 nitrogen and oxygen atoms in total. The van der Waals surface area contributed by atoms with E-state index in [-0.39, 0.29) is 30.1 Å². The number of benzene rings is 2. The maximum absolute atomic E-state index is 14.6. The van der Waals surface area contributed by atoms with Crippen molar-refractivity contribution in [1.82, 2.24) is 10.1 Å². The van der Waals surface area contributed by atoms with Crippen molar-refractivity contribution in [2.24, 2.45) is 5.10 Å². The molecule has 0 aliphatic carbocycles. The number of phosphoric acid groups is 1. The molecule has 2 amide bonds. The van der Waals surface area contributed by atoms with Crippen LogP contribution in [0.4, 0.5) is 13.6 Å². The second kappa shape index (κ2) is 10.3. The molecular formula is C20H22F2N3O6PS. The Balaban J connectivity index is 2.07. The first kappa shape index (κ1) is 25.3. The molecule has 1 aliphatic rings. The quantitative estimate of drug-likeness (QED) is 0.319. The van der Waals surface area contributed by atoms with Gasteiger partial charge in [0.2, 0.25) is 0 Å². The van der Waals surface area contributed by atoms with Crippen LogP contribution in [-0.4, -0.2) is 51.7 Å². The van der Waals surface area contributed by atoms with Crippen LogP contribution in [0.25, 0.3) is 0 Å². The number of hydrogen-bond acceptors (Lipinski definition) is 6. The molecule has 1 aliphatic heterocycles. The molecule has 0 spiro atoms.